The van der Waals surface area contributed by atoms with Crippen LogP contribution in [0, 0.1) is 35.5 Å². The van der Waals surface area contributed by atoms with Gasteiger partial charge in [-0.2, -0.15) is 0 Å². The van der Waals surface area contributed by atoms with Crippen molar-refractivity contribution in [2.75, 3.05) is 13.2 Å². The third-order valence-corrected chi connectivity index (χ3v) is 6.30. The molecule has 5 heteroatoms. The monoisotopic (exact) mass is 403 g/mol. The van der Waals surface area contributed by atoms with Crippen LogP contribution in [0.1, 0.15) is 58.8 Å². The fourth-order valence-corrected chi connectivity index (χ4v) is 4.61. The largest absolute Gasteiger partial charge is 0.395 e. The first-order valence-corrected chi connectivity index (χ1v) is 11.0. The maximum atomic E-state index is 11.6. The summed E-state index contributed by atoms with van der Waals surface area (Å²) in [6, 6.07) is 0. The van der Waals surface area contributed by atoms with Crippen LogP contribution >= 0.6 is 0 Å². The van der Waals surface area contributed by atoms with Crippen LogP contribution in [-0.4, -0.2) is 46.6 Å². The first-order valence-electron chi connectivity index (χ1n) is 11.0. The topological polar surface area (TPSA) is 89.8 Å². The fraction of sp³-hybridized carbons (Fsp3) is 0.708. The second-order valence-corrected chi connectivity index (χ2v) is 8.52. The van der Waals surface area contributed by atoms with Gasteiger partial charge in [0.2, 0.25) is 5.91 Å². The Kier molecular flexibility index (Phi) is 9.93. The van der Waals surface area contributed by atoms with Gasteiger partial charge in [0.05, 0.1) is 18.8 Å². The molecule has 29 heavy (non-hydrogen) atoms. The molecule has 2 fully saturated rings. The van der Waals surface area contributed by atoms with Gasteiger partial charge in [-0.1, -0.05) is 30.7 Å². The van der Waals surface area contributed by atoms with Gasteiger partial charge in [0, 0.05) is 25.3 Å². The molecule has 2 rings (SSSR count). The van der Waals surface area contributed by atoms with Gasteiger partial charge in [0.15, 0.2) is 0 Å². The van der Waals surface area contributed by atoms with E-state index in [2.05, 4.69) is 23.2 Å². The Labute approximate surface area is 175 Å². The lowest BCUT2D eigenvalue weighted by Crippen LogP contribution is -2.25. The summed E-state index contributed by atoms with van der Waals surface area (Å²) in [6.45, 7) is 4.09. The summed E-state index contributed by atoms with van der Waals surface area (Å²) in [5.41, 5.74) is 1.44. The van der Waals surface area contributed by atoms with E-state index in [0.29, 0.717) is 31.2 Å². The minimum Gasteiger partial charge on any atom is -0.395 e. The van der Waals surface area contributed by atoms with Crippen molar-refractivity contribution < 1.29 is 20.1 Å². The molecule has 2 aliphatic rings. The molecule has 2 aliphatic carbocycles. The zero-order valence-corrected chi connectivity index (χ0v) is 17.8. The molecule has 6 atom stereocenters. The number of nitrogens with one attached hydrogen (secondary N) is 1. The number of unbranched alkanes of at least 4 members (excludes halogenated alkanes) is 1. The Balaban J connectivity index is 1.82. The van der Waals surface area contributed by atoms with E-state index in [9.17, 15) is 15.0 Å². The highest BCUT2D eigenvalue weighted by Gasteiger charge is 2.44. The number of carbonyl (C=O) groups excluding carboxylic acids is 1. The van der Waals surface area contributed by atoms with Gasteiger partial charge < -0.3 is 20.6 Å². The number of aliphatic hydroxyl groups is 3. The highest BCUT2D eigenvalue weighted by molar-refractivity contribution is 5.75. The molecule has 5 nitrogen and oxygen atoms in total. The van der Waals surface area contributed by atoms with E-state index in [0.717, 1.165) is 32.1 Å². The standard InChI is InChI=1S/C24H37NO4/c1-3-4-7-17(2)22(27)11-10-20-21-15-18(14-19(21)16-23(20)28)8-5-6-9-24(29)25-12-13-26/h8,10-11,17,19-23,26-28H,5-7,9,12-16H2,1-2H3,(H,25,29)/b11-10+,18-8+/t17-,19+,20-,21+,22-,23-/m1/s1. The Bertz CT molecular complexity index is 645. The minimum atomic E-state index is -0.532. The lowest BCUT2D eigenvalue weighted by molar-refractivity contribution is -0.121. The number of fused-ring (bicyclic) bond motifs is 1. The minimum absolute atomic E-state index is 0.00762. The molecule has 0 unspecified atom stereocenters. The first-order chi connectivity index (χ1) is 14.0. The number of hydrogen-bond acceptors (Lipinski definition) is 4. The number of amides is 1. The van der Waals surface area contributed by atoms with Gasteiger partial charge in [-0.25, -0.2) is 0 Å². The van der Waals surface area contributed by atoms with E-state index in [4.69, 9.17) is 5.11 Å². The van der Waals surface area contributed by atoms with Crippen molar-refractivity contribution in [1.29, 1.82) is 0 Å². The summed E-state index contributed by atoms with van der Waals surface area (Å²) in [5, 5.41) is 32.2. The van der Waals surface area contributed by atoms with Gasteiger partial charge >= 0.3 is 0 Å². The lowest BCUT2D eigenvalue weighted by Gasteiger charge is -2.19. The SMILES string of the molecule is CC#CC[C@@H](C)[C@H](O)/C=C/[C@@H]1[C@H]2C/C(=C/CCCC(=O)NCCO)C[C@H]2C[C@H]1O. The van der Waals surface area contributed by atoms with E-state index in [1.807, 2.05) is 19.1 Å². The summed E-state index contributed by atoms with van der Waals surface area (Å²) in [5.74, 6) is 7.02. The molecule has 1 amide bonds. The molecule has 4 N–H and O–H groups in total. The number of carbonyl (C=O) groups is 1. The number of rotatable bonds is 10. The molecular formula is C24H37NO4. The second kappa shape index (κ2) is 12.2. The fourth-order valence-electron chi connectivity index (χ4n) is 4.61. The quantitative estimate of drug-likeness (QED) is 0.256. The van der Waals surface area contributed by atoms with Gasteiger partial charge in [-0.15, -0.1) is 11.8 Å². The van der Waals surface area contributed by atoms with Gasteiger partial charge in [0.25, 0.3) is 0 Å². The smallest absolute Gasteiger partial charge is 0.220 e. The average Bonchev–Trinajstić information content (AvgIpc) is 3.22. The lowest BCUT2D eigenvalue weighted by atomic mass is 9.89. The van der Waals surface area contributed by atoms with Crippen LogP contribution < -0.4 is 5.32 Å². The van der Waals surface area contributed by atoms with Crippen LogP contribution in [0.4, 0.5) is 0 Å². The van der Waals surface area contributed by atoms with Crippen molar-refractivity contribution in [3.05, 3.63) is 23.8 Å². The van der Waals surface area contributed by atoms with Crippen molar-refractivity contribution in [3.8, 4) is 11.8 Å². The van der Waals surface area contributed by atoms with Crippen molar-refractivity contribution in [2.45, 2.75) is 71.0 Å². The molecule has 162 valence electrons. The molecule has 0 saturated heterocycles. The Morgan fingerprint density at radius 3 is 2.90 bits per heavy atom. The number of aliphatic hydroxyl groups excluding tert-OH is 3. The predicted octanol–water partition coefficient (Wildman–Crippen LogP) is 2.57. The maximum absolute atomic E-state index is 11.6. The van der Waals surface area contributed by atoms with Crippen LogP contribution in [0.2, 0.25) is 0 Å². The number of hydrogen-bond donors (Lipinski definition) is 4. The summed E-state index contributed by atoms with van der Waals surface area (Å²) in [4.78, 5) is 11.6. The van der Waals surface area contributed by atoms with E-state index < -0.39 is 6.10 Å². The third-order valence-electron chi connectivity index (χ3n) is 6.30. The summed E-state index contributed by atoms with van der Waals surface area (Å²) in [6.07, 6.45) is 11.0. The van der Waals surface area contributed by atoms with E-state index in [-0.39, 0.29) is 30.5 Å². The summed E-state index contributed by atoms with van der Waals surface area (Å²) >= 11 is 0. The van der Waals surface area contributed by atoms with Gasteiger partial charge in [-0.3, -0.25) is 4.79 Å². The molecule has 0 aromatic heterocycles. The average molecular weight is 404 g/mol. The van der Waals surface area contributed by atoms with Crippen molar-refractivity contribution >= 4 is 5.91 Å². The van der Waals surface area contributed by atoms with E-state index in [1.54, 1.807) is 6.92 Å². The Morgan fingerprint density at radius 2 is 2.17 bits per heavy atom. The second-order valence-electron chi connectivity index (χ2n) is 8.52. The van der Waals surface area contributed by atoms with Gasteiger partial charge in [-0.05, 0) is 56.8 Å². The highest BCUT2D eigenvalue weighted by atomic mass is 16.3. The van der Waals surface area contributed by atoms with E-state index in [1.165, 1.54) is 5.57 Å². The first kappa shape index (κ1) is 23.7. The van der Waals surface area contributed by atoms with E-state index >= 15 is 0 Å². The molecule has 2 saturated carbocycles. The van der Waals surface area contributed by atoms with Crippen LogP contribution in [0.15, 0.2) is 23.8 Å². The van der Waals surface area contributed by atoms with Crippen molar-refractivity contribution in [3.63, 3.8) is 0 Å². The molecule has 0 aromatic carbocycles. The van der Waals surface area contributed by atoms with Gasteiger partial charge in [0.1, 0.15) is 0 Å². The van der Waals surface area contributed by atoms with Crippen LogP contribution in [0.5, 0.6) is 0 Å². The van der Waals surface area contributed by atoms with Crippen LogP contribution in [0.25, 0.3) is 0 Å². The molecule has 0 spiro atoms. The zero-order valence-electron chi connectivity index (χ0n) is 17.8. The molecule has 0 radical (unpaired) electrons. The van der Waals surface area contributed by atoms with Crippen LogP contribution in [0.3, 0.4) is 0 Å². The molecular weight excluding hydrogens is 366 g/mol. The molecule has 0 aliphatic heterocycles. The normalized spacial score (nSPS) is 29.5. The van der Waals surface area contributed by atoms with Crippen LogP contribution in [-0.2, 0) is 4.79 Å². The maximum Gasteiger partial charge on any atom is 0.220 e. The molecule has 0 bridgehead atoms. The molecule has 0 aromatic rings. The van der Waals surface area contributed by atoms with Crippen molar-refractivity contribution in [2.24, 2.45) is 23.7 Å². The number of allylic oxidation sites excluding steroid dienone is 2. The Hall–Kier alpha value is -1.61. The Morgan fingerprint density at radius 1 is 1.38 bits per heavy atom. The highest BCUT2D eigenvalue weighted by Crippen LogP contribution is 2.50. The third kappa shape index (κ3) is 7.29. The summed E-state index contributed by atoms with van der Waals surface area (Å²) in [7, 11) is 0. The zero-order chi connectivity index (χ0) is 21.2. The predicted molar refractivity (Wildman–Crippen MR) is 115 cm³/mol. The van der Waals surface area contributed by atoms with Crippen molar-refractivity contribution in [1.82, 2.24) is 5.32 Å². The summed E-state index contributed by atoms with van der Waals surface area (Å²) < 4.78 is 0. The molecule has 0 heterocycles.